The van der Waals surface area contributed by atoms with Crippen LogP contribution in [0.5, 0.6) is 0 Å². The molecular formula is C14H23F6NO3. The molecule has 4 nitrogen and oxygen atoms in total. The predicted molar refractivity (Wildman–Crippen MR) is 74.5 cm³/mol. The average molecular weight is 367 g/mol. The number of aliphatic hydroxyl groups is 1. The van der Waals surface area contributed by atoms with E-state index in [4.69, 9.17) is 0 Å². The second-order valence-corrected chi connectivity index (χ2v) is 5.70. The Kier molecular flexibility index (Phi) is 9.26. The molecule has 0 fully saturated rings. The summed E-state index contributed by atoms with van der Waals surface area (Å²) in [5.41, 5.74) is 4.66. The highest BCUT2D eigenvalue weighted by Gasteiger charge is 2.45. The number of allylic oxidation sites excluding steroid dienone is 1. The lowest BCUT2D eigenvalue weighted by Crippen LogP contribution is -2.49. The summed E-state index contributed by atoms with van der Waals surface area (Å²) >= 11 is 0. The Hall–Kier alpha value is -0.840. The monoisotopic (exact) mass is 367 g/mol. The number of alkyl halides is 6. The highest BCUT2D eigenvalue weighted by molar-refractivity contribution is 4.91. The zero-order valence-electron chi connectivity index (χ0n) is 13.5. The number of hydrogen-bond donors (Lipinski definition) is 2. The molecule has 0 aliphatic heterocycles. The van der Waals surface area contributed by atoms with Gasteiger partial charge in [-0.1, -0.05) is 32.8 Å². The van der Waals surface area contributed by atoms with Crippen molar-refractivity contribution in [1.29, 1.82) is 0 Å². The van der Waals surface area contributed by atoms with Crippen LogP contribution in [0.15, 0.2) is 12.2 Å². The summed E-state index contributed by atoms with van der Waals surface area (Å²) in [4.78, 5) is 0. The van der Waals surface area contributed by atoms with Crippen LogP contribution in [0, 0.1) is 5.92 Å². The Morgan fingerprint density at radius 3 is 2.12 bits per heavy atom. The van der Waals surface area contributed by atoms with Crippen molar-refractivity contribution < 1.29 is 40.9 Å². The van der Waals surface area contributed by atoms with Gasteiger partial charge in [0.15, 0.2) is 0 Å². The van der Waals surface area contributed by atoms with Crippen LogP contribution in [0.3, 0.4) is 0 Å². The van der Waals surface area contributed by atoms with E-state index in [9.17, 15) is 31.4 Å². The van der Waals surface area contributed by atoms with Gasteiger partial charge in [-0.3, -0.25) is 10.5 Å². The Morgan fingerprint density at radius 2 is 1.67 bits per heavy atom. The van der Waals surface area contributed by atoms with Crippen molar-refractivity contribution in [2.24, 2.45) is 11.7 Å². The first-order chi connectivity index (χ1) is 10.8. The molecule has 2 atom stereocenters. The smallest absolute Gasteiger partial charge is 0.340 e. The molecule has 2 unspecified atom stereocenters. The summed E-state index contributed by atoms with van der Waals surface area (Å²) in [5.74, 6) is -2.74. The molecule has 0 heterocycles. The average Bonchev–Trinajstić information content (AvgIpc) is 2.38. The predicted octanol–water partition coefficient (Wildman–Crippen LogP) is 3.85. The number of ether oxygens (including phenoxy) is 2. The molecule has 0 rings (SSSR count). The van der Waals surface area contributed by atoms with E-state index < -0.39 is 31.2 Å². The van der Waals surface area contributed by atoms with E-state index in [0.717, 1.165) is 12.8 Å². The lowest BCUT2D eigenvalue weighted by molar-refractivity contribution is -0.391. The van der Waals surface area contributed by atoms with Gasteiger partial charge in [-0.15, -0.1) is 0 Å². The van der Waals surface area contributed by atoms with Gasteiger partial charge in [0.05, 0.1) is 0 Å². The fourth-order valence-corrected chi connectivity index (χ4v) is 1.60. The Bertz CT molecular complexity index is 384. The van der Waals surface area contributed by atoms with Crippen LogP contribution in [0.1, 0.15) is 39.5 Å². The summed E-state index contributed by atoms with van der Waals surface area (Å²) in [6, 6.07) is 0. The third-order valence-electron chi connectivity index (χ3n) is 2.79. The molecular weight excluding hydrogens is 344 g/mol. The Labute approximate surface area is 136 Å². The highest BCUT2D eigenvalue weighted by Crippen LogP contribution is 2.26. The van der Waals surface area contributed by atoms with Crippen LogP contribution >= 0.6 is 0 Å². The summed E-state index contributed by atoms with van der Waals surface area (Å²) in [6.45, 7) is 2.05. The number of rotatable bonds is 10. The number of unbranched alkanes of at least 4 members (excludes halogenated alkanes) is 2. The molecule has 0 saturated carbocycles. The van der Waals surface area contributed by atoms with Gasteiger partial charge < -0.3 is 9.84 Å². The first-order valence-corrected chi connectivity index (χ1v) is 7.36. The van der Waals surface area contributed by atoms with Crippen LogP contribution in [0.2, 0.25) is 0 Å². The molecule has 144 valence electrons. The third-order valence-corrected chi connectivity index (χ3v) is 2.79. The molecule has 0 spiro atoms. The van der Waals surface area contributed by atoms with Gasteiger partial charge in [0.25, 0.3) is 0 Å². The van der Waals surface area contributed by atoms with Crippen molar-refractivity contribution in [2.45, 2.75) is 64.1 Å². The number of hydrogen-bond acceptors (Lipinski definition) is 4. The normalized spacial score (nSPS) is 17.5. The van der Waals surface area contributed by atoms with Crippen molar-refractivity contribution >= 4 is 0 Å². The van der Waals surface area contributed by atoms with E-state index in [2.05, 4.69) is 15.2 Å². The van der Waals surface area contributed by atoms with Gasteiger partial charge in [-0.25, -0.2) is 0 Å². The van der Waals surface area contributed by atoms with E-state index >= 15 is 0 Å². The standard InChI is InChI=1S/C14H23F6NO3/c1-10(2)7-5-3-4-6-8-13(22,23-9-12(15,16)17)24-11(21)14(18,19)20/h6,8,10-11,22H,3-5,7,9,21H2,1-2H3/b8-6-. The first kappa shape index (κ1) is 23.2. The van der Waals surface area contributed by atoms with Crippen molar-refractivity contribution in [1.82, 2.24) is 0 Å². The molecule has 10 heteroatoms. The molecule has 0 aromatic carbocycles. The lowest BCUT2D eigenvalue weighted by Gasteiger charge is -2.29. The molecule has 3 N–H and O–H groups in total. The van der Waals surface area contributed by atoms with Gasteiger partial charge in [-0.05, 0) is 18.8 Å². The Balaban J connectivity index is 4.73. The molecule has 0 aromatic rings. The van der Waals surface area contributed by atoms with Crippen molar-refractivity contribution in [3.63, 3.8) is 0 Å². The van der Waals surface area contributed by atoms with Gasteiger partial charge in [0.2, 0.25) is 6.23 Å². The second kappa shape index (κ2) is 9.59. The van der Waals surface area contributed by atoms with Crippen LogP contribution in [-0.2, 0) is 9.47 Å². The molecule has 0 bridgehead atoms. The maximum Gasteiger partial charge on any atom is 0.428 e. The minimum absolute atomic E-state index is 0.328. The molecule has 0 aromatic heterocycles. The molecule has 0 saturated heterocycles. The summed E-state index contributed by atoms with van der Waals surface area (Å²) < 4.78 is 81.6. The third kappa shape index (κ3) is 11.7. The maximum atomic E-state index is 12.4. The lowest BCUT2D eigenvalue weighted by atomic mass is 10.1. The summed E-state index contributed by atoms with van der Waals surface area (Å²) in [7, 11) is 0. The van der Waals surface area contributed by atoms with E-state index in [1.165, 1.54) is 6.08 Å². The minimum atomic E-state index is -5.07. The SMILES string of the molecule is CC(C)CCCC/C=C\C(O)(OCC(F)(F)F)OC(N)C(F)(F)F. The topological polar surface area (TPSA) is 64.7 Å². The van der Waals surface area contributed by atoms with E-state index in [0.29, 0.717) is 24.8 Å². The summed E-state index contributed by atoms with van der Waals surface area (Å²) in [5, 5.41) is 9.74. The number of nitrogens with two attached hydrogens (primary N) is 1. The van der Waals surface area contributed by atoms with Gasteiger partial charge >= 0.3 is 18.3 Å². The maximum absolute atomic E-state index is 12.4. The zero-order valence-corrected chi connectivity index (χ0v) is 13.5. The van der Waals surface area contributed by atoms with Gasteiger partial charge in [0, 0.05) is 6.08 Å². The largest absolute Gasteiger partial charge is 0.428 e. The minimum Gasteiger partial charge on any atom is -0.340 e. The van der Waals surface area contributed by atoms with Crippen molar-refractivity contribution in [3.05, 3.63) is 12.2 Å². The quantitative estimate of drug-likeness (QED) is 0.266. The van der Waals surface area contributed by atoms with Crippen LogP contribution < -0.4 is 5.73 Å². The molecule has 0 aliphatic carbocycles. The molecule has 24 heavy (non-hydrogen) atoms. The first-order valence-electron chi connectivity index (χ1n) is 7.36. The van der Waals surface area contributed by atoms with E-state index in [1.807, 2.05) is 13.8 Å². The Morgan fingerprint density at radius 1 is 1.08 bits per heavy atom. The zero-order chi connectivity index (χ0) is 19.0. The molecule has 0 amide bonds. The molecule has 0 radical (unpaired) electrons. The number of halogens is 6. The van der Waals surface area contributed by atoms with Gasteiger partial charge in [0.1, 0.15) is 6.61 Å². The van der Waals surface area contributed by atoms with E-state index in [1.54, 1.807) is 0 Å². The van der Waals surface area contributed by atoms with Crippen LogP contribution in [0.25, 0.3) is 0 Å². The summed E-state index contributed by atoms with van der Waals surface area (Å²) in [6.07, 6.45) is -8.40. The molecule has 0 aliphatic rings. The van der Waals surface area contributed by atoms with Crippen molar-refractivity contribution in [3.8, 4) is 0 Å². The van der Waals surface area contributed by atoms with E-state index in [-0.39, 0.29) is 0 Å². The van der Waals surface area contributed by atoms with Crippen molar-refractivity contribution in [2.75, 3.05) is 6.61 Å². The van der Waals surface area contributed by atoms with Crippen LogP contribution in [-0.4, -0.2) is 36.3 Å². The highest BCUT2D eigenvalue weighted by atomic mass is 19.4. The second-order valence-electron chi connectivity index (χ2n) is 5.70. The van der Waals surface area contributed by atoms with Crippen LogP contribution in [0.4, 0.5) is 26.3 Å². The fourth-order valence-electron chi connectivity index (χ4n) is 1.60. The van der Waals surface area contributed by atoms with Gasteiger partial charge in [-0.2, -0.15) is 26.3 Å². The fraction of sp³-hybridized carbons (Fsp3) is 0.857.